The Morgan fingerprint density at radius 2 is 1.90 bits per heavy atom. The summed E-state index contributed by atoms with van der Waals surface area (Å²) in [6.45, 7) is 0. The smallest absolute Gasteiger partial charge is 0.393 e. The fourth-order valence-electron chi connectivity index (χ4n) is 0.576. The van der Waals surface area contributed by atoms with Gasteiger partial charge in [0.2, 0.25) is 0 Å². The van der Waals surface area contributed by atoms with Crippen molar-refractivity contribution in [1.82, 2.24) is 0 Å². The van der Waals surface area contributed by atoms with E-state index >= 15 is 0 Å². The first-order valence-electron chi connectivity index (χ1n) is 2.70. The van der Waals surface area contributed by atoms with Gasteiger partial charge in [0.25, 0.3) is 0 Å². The highest BCUT2D eigenvalue weighted by Gasteiger charge is 1.92. The summed E-state index contributed by atoms with van der Waals surface area (Å²) in [6.07, 6.45) is 0. The molecule has 3 nitrogen and oxygen atoms in total. The van der Waals surface area contributed by atoms with Crippen molar-refractivity contribution < 1.29 is 9.42 Å². The molecule has 0 heterocycles. The average molecular weight is 155 g/mol. The summed E-state index contributed by atoms with van der Waals surface area (Å²) in [5.41, 5.74) is 0. The first-order chi connectivity index (χ1) is 4.79. The molecular formula is C6H6NO2P. The molecule has 4 heteroatoms. The molecule has 0 saturated heterocycles. The van der Waals surface area contributed by atoms with Gasteiger partial charge in [-0.15, -0.1) is 0 Å². The van der Waals surface area contributed by atoms with Gasteiger partial charge in [0, 0.05) is 0 Å². The second kappa shape index (κ2) is 3.23. The van der Waals surface area contributed by atoms with Gasteiger partial charge < -0.3 is 4.52 Å². The van der Waals surface area contributed by atoms with Crippen LogP contribution >= 0.6 is 8.01 Å². The Balaban J connectivity index is 2.71. The monoisotopic (exact) mass is 155 g/mol. The van der Waals surface area contributed by atoms with Crippen LogP contribution in [0.2, 0.25) is 0 Å². The molecule has 1 unspecified atom stereocenters. The Morgan fingerprint density at radius 3 is 2.40 bits per heavy atom. The second-order valence-electron chi connectivity index (χ2n) is 1.66. The number of rotatable bonds is 1. The zero-order valence-corrected chi connectivity index (χ0v) is 6.03. The molecule has 1 aromatic carbocycles. The molecule has 0 aliphatic heterocycles. The zero-order chi connectivity index (χ0) is 7.40. The van der Waals surface area contributed by atoms with Gasteiger partial charge in [-0.05, 0) is 12.1 Å². The molecule has 0 saturated carbocycles. The fraction of sp³-hybridized carbons (Fsp3) is 0. The Bertz CT molecular complexity index is 264. The van der Waals surface area contributed by atoms with Gasteiger partial charge in [-0.25, -0.2) is 0 Å². The molecule has 1 rings (SSSR count). The maximum Gasteiger partial charge on any atom is 0.393 e. The van der Waals surface area contributed by atoms with Crippen molar-refractivity contribution in [3.8, 4) is 5.75 Å². The van der Waals surface area contributed by atoms with Crippen LogP contribution in [-0.4, -0.2) is 4.89 Å². The van der Waals surface area contributed by atoms with Gasteiger partial charge in [0.15, 0.2) is 0 Å². The number of nitrogens with zero attached hydrogens (tertiary/aromatic N) is 1. The molecule has 0 spiro atoms. The molecule has 0 radical (unpaired) electrons. The molecule has 52 valence electrons. The van der Waals surface area contributed by atoms with Crippen LogP contribution in [-0.2, 0) is 0 Å². The summed E-state index contributed by atoms with van der Waals surface area (Å²) in [6, 6.07) is 8.65. The standard InChI is InChI=1S/C6H6NO2P/c7-10(8)9-6-4-2-1-3-5-6/h1-5,8H. The van der Waals surface area contributed by atoms with Crippen LogP contribution < -0.4 is 4.52 Å². The molecule has 0 amide bonds. The normalized spacial score (nSPS) is 10.6. The molecule has 0 aliphatic rings. The largest absolute Gasteiger partial charge is 0.402 e. The number of hydrogen-bond acceptors (Lipinski definition) is 3. The van der Waals surface area contributed by atoms with Gasteiger partial charge >= 0.3 is 8.01 Å². The van der Waals surface area contributed by atoms with Crippen LogP contribution in [0.4, 0.5) is 0 Å². The van der Waals surface area contributed by atoms with E-state index in [-0.39, 0.29) is 0 Å². The molecule has 1 N–H and O–H groups in total. The van der Waals surface area contributed by atoms with E-state index in [0.29, 0.717) is 5.75 Å². The third kappa shape index (κ3) is 2.08. The van der Waals surface area contributed by atoms with E-state index in [1.165, 1.54) is 0 Å². The third-order valence-corrected chi connectivity index (χ3v) is 1.30. The Labute approximate surface area is 59.4 Å². The van der Waals surface area contributed by atoms with E-state index in [2.05, 4.69) is 4.52 Å². The van der Waals surface area contributed by atoms with Crippen LogP contribution in [0.5, 0.6) is 5.75 Å². The SMILES string of the molecule is N#P(O)Oc1ccccc1. The number of hydrogen-bond donors (Lipinski definition) is 1. The topological polar surface area (TPSA) is 53.2 Å². The number of benzene rings is 1. The predicted octanol–water partition coefficient (Wildman–Crippen LogP) is 1.85. The molecule has 0 aromatic heterocycles. The summed E-state index contributed by atoms with van der Waals surface area (Å²) >= 11 is 0. The lowest BCUT2D eigenvalue weighted by Crippen LogP contribution is -1.75. The fourth-order valence-corrected chi connectivity index (χ4v) is 0.886. The first-order valence-corrected chi connectivity index (χ1v) is 3.86. The van der Waals surface area contributed by atoms with Crippen molar-refractivity contribution >= 4 is 8.01 Å². The summed E-state index contributed by atoms with van der Waals surface area (Å²) in [5.74, 6) is 0.471. The number of para-hydroxylation sites is 1. The van der Waals surface area contributed by atoms with Crippen molar-refractivity contribution in [2.75, 3.05) is 0 Å². The van der Waals surface area contributed by atoms with E-state index in [0.717, 1.165) is 0 Å². The zero-order valence-electron chi connectivity index (χ0n) is 5.14. The van der Waals surface area contributed by atoms with Crippen molar-refractivity contribution in [1.29, 1.82) is 5.00 Å². The van der Waals surface area contributed by atoms with E-state index < -0.39 is 8.01 Å². The molecule has 0 aliphatic carbocycles. The highest BCUT2D eigenvalue weighted by atomic mass is 31.1. The minimum atomic E-state index is -2.28. The van der Waals surface area contributed by atoms with E-state index in [4.69, 9.17) is 9.90 Å². The van der Waals surface area contributed by atoms with Crippen molar-refractivity contribution in [3.05, 3.63) is 30.3 Å². The van der Waals surface area contributed by atoms with Crippen molar-refractivity contribution in [3.63, 3.8) is 0 Å². The average Bonchev–Trinajstić information content (AvgIpc) is 1.88. The summed E-state index contributed by atoms with van der Waals surface area (Å²) in [5, 5.41) is 8.40. The first kappa shape index (κ1) is 7.10. The molecule has 10 heavy (non-hydrogen) atoms. The molecular weight excluding hydrogens is 149 g/mol. The van der Waals surface area contributed by atoms with Crippen LogP contribution in [0, 0.1) is 5.00 Å². The second-order valence-corrected chi connectivity index (χ2v) is 2.35. The summed E-state index contributed by atoms with van der Waals surface area (Å²) in [7, 11) is -2.28. The van der Waals surface area contributed by atoms with Gasteiger partial charge in [-0.1, -0.05) is 18.2 Å². The van der Waals surface area contributed by atoms with Crippen LogP contribution in [0.1, 0.15) is 0 Å². The van der Waals surface area contributed by atoms with Crippen molar-refractivity contribution in [2.24, 2.45) is 0 Å². The van der Waals surface area contributed by atoms with E-state index in [1.807, 2.05) is 6.07 Å². The van der Waals surface area contributed by atoms with Crippen LogP contribution in [0.3, 0.4) is 0 Å². The van der Waals surface area contributed by atoms with E-state index in [1.54, 1.807) is 24.3 Å². The Morgan fingerprint density at radius 1 is 1.30 bits per heavy atom. The van der Waals surface area contributed by atoms with Gasteiger partial charge in [-0.3, -0.25) is 4.89 Å². The minimum Gasteiger partial charge on any atom is -0.402 e. The lowest BCUT2D eigenvalue weighted by atomic mass is 10.3. The molecule has 0 fully saturated rings. The van der Waals surface area contributed by atoms with Gasteiger partial charge in [-0.2, -0.15) is 5.00 Å². The molecule has 0 bridgehead atoms. The third-order valence-electron chi connectivity index (χ3n) is 0.930. The lowest BCUT2D eigenvalue weighted by molar-refractivity contribution is 0.502. The Kier molecular flexibility index (Phi) is 2.30. The van der Waals surface area contributed by atoms with Crippen molar-refractivity contribution in [2.45, 2.75) is 0 Å². The lowest BCUT2D eigenvalue weighted by Gasteiger charge is -1.95. The van der Waals surface area contributed by atoms with Crippen LogP contribution in [0.15, 0.2) is 30.3 Å². The Hall–Kier alpha value is -1.01. The van der Waals surface area contributed by atoms with Gasteiger partial charge in [0.1, 0.15) is 5.75 Å². The summed E-state index contributed by atoms with van der Waals surface area (Å²) in [4.78, 5) is 8.40. The predicted molar refractivity (Wildman–Crippen MR) is 37.9 cm³/mol. The maximum absolute atomic E-state index is 8.40. The quantitative estimate of drug-likeness (QED) is 0.629. The van der Waals surface area contributed by atoms with Gasteiger partial charge in [0.05, 0.1) is 0 Å². The molecule has 1 atom stereocenters. The highest BCUT2D eigenvalue weighted by Crippen LogP contribution is 2.19. The maximum atomic E-state index is 8.40. The summed E-state index contributed by atoms with van der Waals surface area (Å²) < 4.78 is 4.59. The molecule has 1 aromatic rings. The van der Waals surface area contributed by atoms with Crippen LogP contribution in [0.25, 0.3) is 0 Å². The highest BCUT2D eigenvalue weighted by molar-refractivity contribution is 7.31. The van der Waals surface area contributed by atoms with E-state index in [9.17, 15) is 0 Å². The minimum absolute atomic E-state index is 0.471.